The molecular weight excluding hydrogens is 364 g/mol. The van der Waals surface area contributed by atoms with Gasteiger partial charge in [0.2, 0.25) is 0 Å². The van der Waals surface area contributed by atoms with Crippen LogP contribution in [0.1, 0.15) is 18.5 Å². The summed E-state index contributed by atoms with van der Waals surface area (Å²) in [5, 5.41) is 0.755. The molecule has 1 fully saturated rings. The normalized spacial score (nSPS) is 14.0. The molecule has 26 heavy (non-hydrogen) atoms. The van der Waals surface area contributed by atoms with Crippen molar-refractivity contribution in [1.82, 2.24) is 15.0 Å². The van der Waals surface area contributed by atoms with Crippen LogP contribution in [0.2, 0.25) is 5.02 Å². The first kappa shape index (κ1) is 17.3. The molecule has 4 nitrogen and oxygen atoms in total. The van der Waals surface area contributed by atoms with E-state index in [1.165, 1.54) is 17.7 Å². The molecule has 1 aromatic carbocycles. The predicted molar refractivity (Wildman–Crippen MR) is 108 cm³/mol. The van der Waals surface area contributed by atoms with Crippen LogP contribution >= 0.6 is 23.4 Å². The van der Waals surface area contributed by atoms with Crippen molar-refractivity contribution in [1.29, 1.82) is 0 Å². The van der Waals surface area contributed by atoms with Crippen LogP contribution < -0.4 is 4.90 Å². The Labute approximate surface area is 162 Å². The number of benzene rings is 1. The quantitative estimate of drug-likeness (QED) is 0.575. The highest BCUT2D eigenvalue weighted by Crippen LogP contribution is 2.27. The summed E-state index contributed by atoms with van der Waals surface area (Å²) in [6.07, 6.45) is 4.22. The van der Waals surface area contributed by atoms with Gasteiger partial charge in [-0.05, 0) is 49.2 Å². The summed E-state index contributed by atoms with van der Waals surface area (Å²) in [5.41, 5.74) is 1.83. The Morgan fingerprint density at radius 3 is 2.54 bits per heavy atom. The summed E-state index contributed by atoms with van der Waals surface area (Å²) in [7, 11) is 0. The standard InChI is InChI=1S/C20H19ClN4S/c21-15-6-8-17(9-7-15)26-14-16-13-19(25-11-3-4-12-25)24-20(23-16)18-5-1-2-10-22-18/h1-2,5-10,13H,3-4,11-12,14H2. The summed E-state index contributed by atoms with van der Waals surface area (Å²) in [6, 6.07) is 15.9. The topological polar surface area (TPSA) is 41.9 Å². The Kier molecular flexibility index (Phi) is 5.37. The Morgan fingerprint density at radius 1 is 1.00 bits per heavy atom. The van der Waals surface area contributed by atoms with E-state index in [-0.39, 0.29) is 0 Å². The number of aromatic nitrogens is 3. The maximum Gasteiger partial charge on any atom is 0.180 e. The molecule has 3 heterocycles. The number of hydrogen-bond donors (Lipinski definition) is 0. The first-order valence-corrected chi connectivity index (χ1v) is 10.1. The maximum atomic E-state index is 5.97. The molecule has 1 aliphatic rings. The molecule has 4 rings (SSSR count). The van der Waals surface area contributed by atoms with Crippen molar-refractivity contribution in [2.45, 2.75) is 23.5 Å². The highest BCUT2D eigenvalue weighted by molar-refractivity contribution is 7.98. The van der Waals surface area contributed by atoms with Crippen LogP contribution in [0, 0.1) is 0 Å². The van der Waals surface area contributed by atoms with Gasteiger partial charge in [-0.25, -0.2) is 9.97 Å². The minimum absolute atomic E-state index is 0.696. The first-order chi connectivity index (χ1) is 12.8. The molecule has 0 saturated carbocycles. The summed E-state index contributed by atoms with van der Waals surface area (Å²) < 4.78 is 0. The van der Waals surface area contributed by atoms with Crippen LogP contribution in [0.4, 0.5) is 5.82 Å². The van der Waals surface area contributed by atoms with Gasteiger partial charge in [-0.3, -0.25) is 4.98 Å². The summed E-state index contributed by atoms with van der Waals surface area (Å²) >= 11 is 7.72. The molecule has 0 radical (unpaired) electrons. The van der Waals surface area contributed by atoms with E-state index in [0.717, 1.165) is 41.1 Å². The van der Waals surface area contributed by atoms with Crippen LogP contribution in [-0.4, -0.2) is 28.0 Å². The smallest absolute Gasteiger partial charge is 0.180 e. The molecule has 0 aliphatic carbocycles. The first-order valence-electron chi connectivity index (χ1n) is 8.71. The molecule has 3 aromatic rings. The molecule has 0 atom stereocenters. The SMILES string of the molecule is Clc1ccc(SCc2cc(N3CCCC3)nc(-c3ccccn3)n2)cc1. The Bertz CT molecular complexity index is 865. The fraction of sp³-hybridized carbons (Fsp3) is 0.250. The predicted octanol–water partition coefficient (Wildman–Crippen LogP) is 5.08. The second kappa shape index (κ2) is 8.06. The van der Waals surface area contributed by atoms with E-state index in [4.69, 9.17) is 21.6 Å². The highest BCUT2D eigenvalue weighted by atomic mass is 35.5. The molecule has 1 saturated heterocycles. The maximum absolute atomic E-state index is 5.97. The molecule has 0 spiro atoms. The third kappa shape index (κ3) is 4.17. The van der Waals surface area contributed by atoms with Gasteiger partial charge in [0.05, 0.1) is 5.69 Å². The Balaban J connectivity index is 1.61. The van der Waals surface area contributed by atoms with Gasteiger partial charge in [-0.15, -0.1) is 11.8 Å². The van der Waals surface area contributed by atoms with Gasteiger partial charge in [-0.1, -0.05) is 17.7 Å². The van der Waals surface area contributed by atoms with Gasteiger partial charge < -0.3 is 4.90 Å². The minimum atomic E-state index is 0.696. The van der Waals surface area contributed by atoms with Crippen LogP contribution in [-0.2, 0) is 5.75 Å². The molecule has 0 N–H and O–H groups in total. The number of thioether (sulfide) groups is 1. The molecule has 6 heteroatoms. The lowest BCUT2D eigenvalue weighted by Gasteiger charge is -2.18. The van der Waals surface area contributed by atoms with Crippen molar-refractivity contribution in [3.63, 3.8) is 0 Å². The molecule has 0 unspecified atom stereocenters. The molecule has 132 valence electrons. The molecular formula is C20H19ClN4S. The van der Waals surface area contributed by atoms with E-state index in [0.29, 0.717) is 5.82 Å². The lowest BCUT2D eigenvalue weighted by molar-refractivity contribution is 0.920. The zero-order valence-electron chi connectivity index (χ0n) is 14.3. The van der Waals surface area contributed by atoms with E-state index in [1.54, 1.807) is 18.0 Å². The summed E-state index contributed by atoms with van der Waals surface area (Å²) in [4.78, 5) is 17.5. The number of nitrogens with zero attached hydrogens (tertiary/aromatic N) is 4. The largest absolute Gasteiger partial charge is 0.356 e. The van der Waals surface area contributed by atoms with Crippen molar-refractivity contribution in [3.8, 4) is 11.5 Å². The van der Waals surface area contributed by atoms with Crippen molar-refractivity contribution in [3.05, 3.63) is 65.4 Å². The van der Waals surface area contributed by atoms with Crippen LogP contribution in [0.3, 0.4) is 0 Å². The Hall–Kier alpha value is -2.11. The second-order valence-corrected chi connectivity index (χ2v) is 7.68. The summed E-state index contributed by atoms with van der Waals surface area (Å²) in [5.74, 6) is 2.48. The van der Waals surface area contributed by atoms with Crippen molar-refractivity contribution >= 4 is 29.2 Å². The average Bonchev–Trinajstić information content (AvgIpc) is 3.23. The van der Waals surface area contributed by atoms with Crippen molar-refractivity contribution < 1.29 is 0 Å². The van der Waals surface area contributed by atoms with Gasteiger partial charge in [-0.2, -0.15) is 0 Å². The third-order valence-electron chi connectivity index (χ3n) is 4.29. The van der Waals surface area contributed by atoms with Gasteiger partial charge in [0.15, 0.2) is 5.82 Å². The second-order valence-electron chi connectivity index (χ2n) is 6.19. The zero-order valence-corrected chi connectivity index (χ0v) is 15.9. The van der Waals surface area contributed by atoms with Crippen molar-refractivity contribution in [2.75, 3.05) is 18.0 Å². The van der Waals surface area contributed by atoms with Crippen LogP contribution in [0.5, 0.6) is 0 Å². The van der Waals surface area contributed by atoms with Gasteiger partial charge >= 0.3 is 0 Å². The van der Waals surface area contributed by atoms with Crippen LogP contribution in [0.15, 0.2) is 59.6 Å². The Morgan fingerprint density at radius 2 is 1.81 bits per heavy atom. The monoisotopic (exact) mass is 382 g/mol. The van der Waals surface area contributed by atoms with Crippen LogP contribution in [0.25, 0.3) is 11.5 Å². The van der Waals surface area contributed by atoms with E-state index >= 15 is 0 Å². The average molecular weight is 383 g/mol. The van der Waals surface area contributed by atoms with Crippen molar-refractivity contribution in [2.24, 2.45) is 0 Å². The number of anilines is 1. The third-order valence-corrected chi connectivity index (χ3v) is 5.59. The number of pyridine rings is 1. The number of hydrogen-bond acceptors (Lipinski definition) is 5. The molecule has 0 bridgehead atoms. The lowest BCUT2D eigenvalue weighted by Crippen LogP contribution is -2.20. The zero-order chi connectivity index (χ0) is 17.8. The fourth-order valence-corrected chi connectivity index (χ4v) is 3.88. The number of rotatable bonds is 5. The number of halogens is 1. The molecule has 1 aliphatic heterocycles. The van der Waals surface area contributed by atoms with E-state index in [1.807, 2.05) is 42.5 Å². The van der Waals surface area contributed by atoms with Gasteiger partial charge in [0, 0.05) is 41.0 Å². The fourth-order valence-electron chi connectivity index (χ4n) is 2.96. The highest BCUT2D eigenvalue weighted by Gasteiger charge is 2.17. The van der Waals surface area contributed by atoms with E-state index in [2.05, 4.69) is 16.0 Å². The molecule has 2 aromatic heterocycles. The minimum Gasteiger partial charge on any atom is -0.356 e. The lowest BCUT2D eigenvalue weighted by atomic mass is 10.3. The van der Waals surface area contributed by atoms with E-state index in [9.17, 15) is 0 Å². The van der Waals surface area contributed by atoms with Gasteiger partial charge in [0.1, 0.15) is 11.5 Å². The van der Waals surface area contributed by atoms with E-state index < -0.39 is 0 Å². The summed E-state index contributed by atoms with van der Waals surface area (Å²) in [6.45, 7) is 2.12. The van der Waals surface area contributed by atoms with Gasteiger partial charge in [0.25, 0.3) is 0 Å². The molecule has 0 amide bonds.